The molecule has 0 aliphatic rings. The fraction of sp³-hybridized carbons (Fsp3) is 0.667. The molecule has 0 spiro atoms. The maximum atomic E-state index is 6.10. The topological polar surface area (TPSA) is 18.5 Å². The van der Waals surface area contributed by atoms with Crippen LogP contribution in [0, 0.1) is 0 Å². The number of hydrogen-bond acceptors (Lipinski definition) is 4. The molecule has 0 atom stereocenters. The van der Waals surface area contributed by atoms with E-state index in [4.69, 9.17) is 9.47 Å². The minimum atomic E-state index is 0.815. The van der Waals surface area contributed by atoms with E-state index in [-0.39, 0.29) is 0 Å². The van der Waals surface area contributed by atoms with Gasteiger partial charge in [0.15, 0.2) is 0 Å². The van der Waals surface area contributed by atoms with E-state index >= 15 is 0 Å². The third-order valence-electron chi connectivity index (χ3n) is 4.98. The molecular weight excluding hydrogens is 384 g/mol. The Hall–Kier alpha value is -1.00. The molecule has 158 valence electrons. The molecular formula is C24H38O2S2. The van der Waals surface area contributed by atoms with Gasteiger partial charge in [-0.05, 0) is 35.7 Å². The van der Waals surface area contributed by atoms with Crippen molar-refractivity contribution in [3.63, 3.8) is 0 Å². The Bertz CT molecular complexity index is 563. The van der Waals surface area contributed by atoms with Crippen LogP contribution >= 0.6 is 22.7 Å². The zero-order chi connectivity index (χ0) is 19.9. The van der Waals surface area contributed by atoms with Crippen LogP contribution in [-0.4, -0.2) is 13.2 Å². The van der Waals surface area contributed by atoms with Crippen LogP contribution in [0.5, 0.6) is 11.5 Å². The first-order chi connectivity index (χ1) is 13.9. The lowest BCUT2D eigenvalue weighted by Gasteiger charge is -2.09. The van der Waals surface area contributed by atoms with Gasteiger partial charge in [-0.25, -0.2) is 0 Å². The van der Waals surface area contributed by atoms with Crippen LogP contribution in [0.25, 0.3) is 9.75 Å². The normalized spacial score (nSPS) is 11.1. The summed E-state index contributed by atoms with van der Waals surface area (Å²) in [5.41, 5.74) is 0. The van der Waals surface area contributed by atoms with Gasteiger partial charge in [0.1, 0.15) is 11.5 Å². The van der Waals surface area contributed by atoms with Crippen LogP contribution in [0.1, 0.15) is 90.9 Å². The van der Waals surface area contributed by atoms with Gasteiger partial charge in [-0.1, -0.05) is 78.1 Å². The minimum absolute atomic E-state index is 0.815. The van der Waals surface area contributed by atoms with Crippen molar-refractivity contribution in [2.24, 2.45) is 0 Å². The zero-order valence-corrected chi connectivity index (χ0v) is 19.5. The lowest BCUT2D eigenvalue weighted by molar-refractivity contribution is 0.303. The van der Waals surface area contributed by atoms with Crippen molar-refractivity contribution in [3.05, 3.63) is 22.9 Å². The molecule has 0 bridgehead atoms. The first kappa shape index (κ1) is 23.3. The third kappa shape index (κ3) is 8.57. The maximum absolute atomic E-state index is 6.10. The highest BCUT2D eigenvalue weighted by Crippen LogP contribution is 2.44. The van der Waals surface area contributed by atoms with Crippen molar-refractivity contribution < 1.29 is 9.47 Å². The van der Waals surface area contributed by atoms with Crippen LogP contribution < -0.4 is 9.47 Å². The molecule has 0 saturated carbocycles. The molecule has 4 heteroatoms. The smallest absolute Gasteiger partial charge is 0.138 e. The molecule has 28 heavy (non-hydrogen) atoms. The fourth-order valence-corrected chi connectivity index (χ4v) is 5.13. The summed E-state index contributed by atoms with van der Waals surface area (Å²) in [4.78, 5) is 2.44. The molecule has 0 radical (unpaired) electrons. The first-order valence-electron chi connectivity index (χ1n) is 11.3. The van der Waals surface area contributed by atoms with Gasteiger partial charge < -0.3 is 9.47 Å². The van der Waals surface area contributed by atoms with E-state index in [1.54, 1.807) is 22.7 Å². The molecule has 0 N–H and O–H groups in total. The van der Waals surface area contributed by atoms with Crippen molar-refractivity contribution >= 4 is 22.7 Å². The van der Waals surface area contributed by atoms with Gasteiger partial charge in [-0.3, -0.25) is 0 Å². The zero-order valence-electron chi connectivity index (χ0n) is 17.8. The standard InChI is InChI=1S/C24H38O2S2/c1-3-5-7-9-11-13-17-25-21-15-19-27-23(21)24-22(16-20-28-24)26-18-14-12-10-8-6-4-2/h15-16,19-20H,3-14,17-18H2,1-2H3. The molecule has 0 fully saturated rings. The highest BCUT2D eigenvalue weighted by atomic mass is 32.1. The van der Waals surface area contributed by atoms with Crippen LogP contribution in [0.2, 0.25) is 0 Å². The van der Waals surface area contributed by atoms with E-state index in [2.05, 4.69) is 36.7 Å². The van der Waals surface area contributed by atoms with E-state index in [1.165, 1.54) is 74.0 Å². The van der Waals surface area contributed by atoms with Gasteiger partial charge in [-0.2, -0.15) is 0 Å². The van der Waals surface area contributed by atoms with Crippen molar-refractivity contribution in [2.45, 2.75) is 90.9 Å². The summed E-state index contributed by atoms with van der Waals surface area (Å²) in [5, 5.41) is 4.26. The molecule has 0 amide bonds. The summed E-state index contributed by atoms with van der Waals surface area (Å²) in [7, 11) is 0. The number of thiophene rings is 2. The Kier molecular flexibility index (Phi) is 12.4. The highest BCUT2D eigenvalue weighted by Gasteiger charge is 2.15. The molecule has 0 aliphatic heterocycles. The quantitative estimate of drug-likeness (QED) is 0.237. The summed E-state index contributed by atoms with van der Waals surface area (Å²) >= 11 is 3.51. The number of ether oxygens (including phenoxy) is 2. The van der Waals surface area contributed by atoms with Gasteiger partial charge in [0.2, 0.25) is 0 Å². The van der Waals surface area contributed by atoms with Crippen LogP contribution in [0.15, 0.2) is 22.9 Å². The van der Waals surface area contributed by atoms with Crippen molar-refractivity contribution in [3.8, 4) is 21.3 Å². The Morgan fingerprint density at radius 2 is 0.964 bits per heavy atom. The van der Waals surface area contributed by atoms with Crippen LogP contribution in [0.3, 0.4) is 0 Å². The Morgan fingerprint density at radius 1 is 0.571 bits per heavy atom. The first-order valence-corrected chi connectivity index (χ1v) is 13.0. The Balaban J connectivity index is 1.74. The van der Waals surface area contributed by atoms with Crippen LogP contribution in [0.4, 0.5) is 0 Å². The van der Waals surface area contributed by atoms with Gasteiger partial charge in [0.25, 0.3) is 0 Å². The summed E-state index contributed by atoms with van der Waals surface area (Å²) in [6.07, 6.45) is 15.5. The van der Waals surface area contributed by atoms with E-state index in [1.807, 2.05) is 0 Å². The van der Waals surface area contributed by atoms with E-state index in [0.717, 1.165) is 37.6 Å². The second-order valence-electron chi connectivity index (χ2n) is 7.46. The van der Waals surface area contributed by atoms with Crippen LogP contribution in [-0.2, 0) is 0 Å². The highest BCUT2D eigenvalue weighted by molar-refractivity contribution is 7.21. The van der Waals surface area contributed by atoms with Crippen molar-refractivity contribution in [2.75, 3.05) is 13.2 Å². The third-order valence-corrected chi connectivity index (χ3v) is 6.93. The monoisotopic (exact) mass is 422 g/mol. The molecule has 0 aromatic carbocycles. The molecule has 2 heterocycles. The molecule has 0 aliphatic carbocycles. The van der Waals surface area contributed by atoms with Gasteiger partial charge in [-0.15, -0.1) is 22.7 Å². The van der Waals surface area contributed by atoms with E-state index in [0.29, 0.717) is 0 Å². The SMILES string of the molecule is CCCCCCCCOc1ccsc1-c1sccc1OCCCCCCCC. The van der Waals surface area contributed by atoms with E-state index < -0.39 is 0 Å². The van der Waals surface area contributed by atoms with E-state index in [9.17, 15) is 0 Å². The van der Waals surface area contributed by atoms with Crippen molar-refractivity contribution in [1.29, 1.82) is 0 Å². The fourth-order valence-electron chi connectivity index (χ4n) is 3.28. The number of unbranched alkanes of at least 4 members (excludes halogenated alkanes) is 10. The lowest BCUT2D eigenvalue weighted by atomic mass is 10.1. The molecule has 2 aromatic rings. The van der Waals surface area contributed by atoms with Gasteiger partial charge in [0.05, 0.1) is 23.0 Å². The molecule has 2 rings (SSSR count). The van der Waals surface area contributed by atoms with Crippen molar-refractivity contribution in [1.82, 2.24) is 0 Å². The lowest BCUT2D eigenvalue weighted by Crippen LogP contribution is -1.99. The summed E-state index contributed by atoms with van der Waals surface area (Å²) in [6, 6.07) is 4.21. The molecule has 2 nitrogen and oxygen atoms in total. The average Bonchev–Trinajstić information content (AvgIpc) is 3.35. The predicted molar refractivity (Wildman–Crippen MR) is 125 cm³/mol. The number of rotatable bonds is 17. The summed E-state index contributed by atoms with van der Waals surface area (Å²) < 4.78 is 12.2. The van der Waals surface area contributed by atoms with Gasteiger partial charge >= 0.3 is 0 Å². The second kappa shape index (κ2) is 14.9. The molecule has 0 saturated heterocycles. The average molecular weight is 423 g/mol. The number of hydrogen-bond donors (Lipinski definition) is 0. The summed E-state index contributed by atoms with van der Waals surface area (Å²) in [6.45, 7) is 6.15. The largest absolute Gasteiger partial charge is 0.492 e. The second-order valence-corrected chi connectivity index (χ2v) is 9.29. The van der Waals surface area contributed by atoms with Gasteiger partial charge in [0, 0.05) is 0 Å². The predicted octanol–water partition coefficient (Wildman–Crippen LogP) is 8.96. The minimum Gasteiger partial charge on any atom is -0.492 e. The summed E-state index contributed by atoms with van der Waals surface area (Å²) in [5.74, 6) is 2.04. The molecule has 2 aromatic heterocycles. The molecule has 0 unspecified atom stereocenters. The Labute approximate surface area is 180 Å². The Morgan fingerprint density at radius 3 is 1.39 bits per heavy atom. The maximum Gasteiger partial charge on any atom is 0.138 e.